The molecule has 0 saturated heterocycles. The lowest BCUT2D eigenvalue weighted by atomic mass is 10.0. The van der Waals surface area contributed by atoms with Gasteiger partial charge in [-0.05, 0) is 60.8 Å². The highest BCUT2D eigenvalue weighted by atomic mass is 35.5. The number of nitrogens with one attached hydrogen (secondary N) is 1. The zero-order chi connectivity index (χ0) is 17.3. The minimum Gasteiger partial charge on any atom is -0.495 e. The molecule has 136 valence electrons. The van der Waals surface area contributed by atoms with E-state index in [9.17, 15) is 8.42 Å². The van der Waals surface area contributed by atoms with Gasteiger partial charge < -0.3 is 15.5 Å². The van der Waals surface area contributed by atoms with Crippen LogP contribution in [0, 0.1) is 6.92 Å². The zero-order valence-corrected chi connectivity index (χ0v) is 15.6. The predicted octanol–water partition coefficient (Wildman–Crippen LogP) is 2.17. The van der Waals surface area contributed by atoms with Gasteiger partial charge in [-0.3, -0.25) is 0 Å². The normalized spacial score (nSPS) is 13.6. The van der Waals surface area contributed by atoms with Gasteiger partial charge in [-0.1, -0.05) is 12.1 Å². The van der Waals surface area contributed by atoms with Crippen molar-refractivity contribution in [3.8, 4) is 5.75 Å². The third-order valence-electron chi connectivity index (χ3n) is 4.09. The number of hydrogen-bond donors (Lipinski definition) is 1. The molecule has 0 saturated carbocycles. The van der Waals surface area contributed by atoms with E-state index < -0.39 is 10.0 Å². The summed E-state index contributed by atoms with van der Waals surface area (Å²) in [6, 6.07) is 10.5. The van der Waals surface area contributed by atoms with Crippen LogP contribution in [0.1, 0.15) is 16.7 Å². The lowest BCUT2D eigenvalue weighted by molar-refractivity contribution is 0.402. The molecule has 8 heteroatoms. The number of aryl methyl sites for hydroxylation is 1. The van der Waals surface area contributed by atoms with E-state index in [-0.39, 0.29) is 16.1 Å². The molecule has 0 unspecified atom stereocenters. The van der Waals surface area contributed by atoms with Crippen molar-refractivity contribution in [2.24, 2.45) is 0 Å². The Kier molecular flexibility index (Phi) is 5.95. The highest BCUT2D eigenvalue weighted by Gasteiger charge is 2.28. The summed E-state index contributed by atoms with van der Waals surface area (Å²) < 4.78 is 31.9. The smallest absolute Gasteiger partial charge is 0.281 e. The molecule has 1 aliphatic heterocycles. The molecule has 0 aromatic heterocycles. The molecule has 2 aromatic rings. The molecular formula is C17H21ClN2O4S. The Balaban J connectivity index is 0.00000225. The summed E-state index contributed by atoms with van der Waals surface area (Å²) in [5.74, 6) is 0.272. The number of anilines is 1. The lowest BCUT2D eigenvalue weighted by Gasteiger charge is -2.22. The Morgan fingerprint density at radius 1 is 1.16 bits per heavy atom. The predicted molar refractivity (Wildman–Crippen MR) is 98.7 cm³/mol. The largest absolute Gasteiger partial charge is 0.495 e. The van der Waals surface area contributed by atoms with E-state index in [2.05, 4.69) is 5.32 Å². The second-order valence-corrected chi connectivity index (χ2v) is 8.05. The highest BCUT2D eigenvalue weighted by molar-refractivity contribution is 7.94. The second kappa shape index (κ2) is 7.61. The molecule has 1 aliphatic rings. The van der Waals surface area contributed by atoms with Crippen LogP contribution in [-0.4, -0.2) is 27.5 Å². The van der Waals surface area contributed by atoms with Gasteiger partial charge in [0.2, 0.25) is 0 Å². The average molecular weight is 385 g/mol. The van der Waals surface area contributed by atoms with Crippen LogP contribution in [-0.2, 0) is 23.0 Å². The monoisotopic (exact) mass is 384 g/mol. The van der Waals surface area contributed by atoms with Crippen LogP contribution < -0.4 is 13.9 Å². The molecule has 2 aromatic carbocycles. The third kappa shape index (κ3) is 3.74. The second-order valence-electron chi connectivity index (χ2n) is 5.75. The molecule has 0 fully saturated rings. The number of halogens is 1. The van der Waals surface area contributed by atoms with Gasteiger partial charge in [-0.2, -0.15) is 12.2 Å². The van der Waals surface area contributed by atoms with Gasteiger partial charge >= 0.3 is 0 Å². The number of ether oxygens (including phenoxy) is 1. The average Bonchev–Trinajstić information content (AvgIpc) is 2.60. The summed E-state index contributed by atoms with van der Waals surface area (Å²) in [4.78, 5) is 0.0550. The lowest BCUT2D eigenvalue weighted by Crippen LogP contribution is -2.25. The SMILES string of the molecule is COc1ccc(C)cc1S(=O)(=O)N(Cl)c1ccc2c(c1)CCNC2.O. The van der Waals surface area contributed by atoms with Crippen LogP contribution in [0.2, 0.25) is 0 Å². The quantitative estimate of drug-likeness (QED) is 0.818. The zero-order valence-electron chi connectivity index (χ0n) is 14.0. The minimum atomic E-state index is -3.93. The Bertz CT molecular complexity index is 871. The molecule has 6 nitrogen and oxygen atoms in total. The molecule has 0 bridgehead atoms. The summed E-state index contributed by atoms with van der Waals surface area (Å²) in [6.45, 7) is 3.48. The van der Waals surface area contributed by atoms with E-state index in [1.807, 2.05) is 19.1 Å². The Morgan fingerprint density at radius 3 is 2.64 bits per heavy atom. The fourth-order valence-electron chi connectivity index (χ4n) is 2.78. The summed E-state index contributed by atoms with van der Waals surface area (Å²) in [6.07, 6.45) is 0.849. The van der Waals surface area contributed by atoms with Crippen LogP contribution in [0.25, 0.3) is 0 Å². The van der Waals surface area contributed by atoms with E-state index in [4.69, 9.17) is 16.5 Å². The molecular weight excluding hydrogens is 364 g/mol. The summed E-state index contributed by atoms with van der Waals surface area (Å²) >= 11 is 6.23. The standard InChI is InChI=1S/C17H19ClN2O3S.H2O/c1-12-3-6-16(23-2)17(9-12)24(21,22)20(18)15-5-4-14-11-19-8-7-13(14)10-15;/h3-6,9-10,19H,7-8,11H2,1-2H3;1H2. The van der Waals surface area contributed by atoms with E-state index in [1.54, 1.807) is 24.3 Å². The molecule has 1 heterocycles. The molecule has 0 spiro atoms. The first-order valence-electron chi connectivity index (χ1n) is 7.62. The summed E-state index contributed by atoms with van der Waals surface area (Å²) in [7, 11) is -2.49. The number of rotatable bonds is 4. The van der Waals surface area contributed by atoms with Crippen LogP contribution in [0.4, 0.5) is 5.69 Å². The van der Waals surface area contributed by atoms with Crippen molar-refractivity contribution in [2.75, 3.05) is 17.5 Å². The fraction of sp³-hybridized carbons (Fsp3) is 0.294. The summed E-state index contributed by atoms with van der Waals surface area (Å²) in [5, 5.41) is 3.29. The van der Waals surface area contributed by atoms with Gasteiger partial charge in [0.05, 0.1) is 12.8 Å². The van der Waals surface area contributed by atoms with Crippen molar-refractivity contribution in [1.82, 2.24) is 5.32 Å². The number of methoxy groups -OCH3 is 1. The van der Waals surface area contributed by atoms with Crippen LogP contribution in [0.5, 0.6) is 5.75 Å². The van der Waals surface area contributed by atoms with E-state index in [0.717, 1.165) is 34.5 Å². The highest BCUT2D eigenvalue weighted by Crippen LogP contribution is 2.33. The van der Waals surface area contributed by atoms with Crippen LogP contribution in [0.15, 0.2) is 41.3 Å². The summed E-state index contributed by atoms with van der Waals surface area (Å²) in [5.41, 5.74) is 3.53. The van der Waals surface area contributed by atoms with E-state index in [1.165, 1.54) is 12.7 Å². The van der Waals surface area contributed by atoms with Crippen molar-refractivity contribution in [2.45, 2.75) is 24.8 Å². The van der Waals surface area contributed by atoms with Crippen LogP contribution >= 0.6 is 11.8 Å². The van der Waals surface area contributed by atoms with Gasteiger partial charge in [0, 0.05) is 18.3 Å². The van der Waals surface area contributed by atoms with Gasteiger partial charge in [0.1, 0.15) is 10.6 Å². The van der Waals surface area contributed by atoms with Crippen molar-refractivity contribution >= 4 is 27.5 Å². The number of benzene rings is 2. The molecule has 25 heavy (non-hydrogen) atoms. The van der Waals surface area contributed by atoms with Gasteiger partial charge in [0.25, 0.3) is 10.0 Å². The minimum absolute atomic E-state index is 0. The number of fused-ring (bicyclic) bond motifs is 1. The third-order valence-corrected chi connectivity index (χ3v) is 6.34. The van der Waals surface area contributed by atoms with Crippen LogP contribution in [0.3, 0.4) is 0 Å². The number of sulfonamides is 1. The van der Waals surface area contributed by atoms with Gasteiger partial charge in [0.15, 0.2) is 0 Å². The maximum atomic E-state index is 12.9. The van der Waals surface area contributed by atoms with Gasteiger partial charge in [-0.15, -0.1) is 0 Å². The first-order valence-corrected chi connectivity index (χ1v) is 9.39. The Labute approximate surface area is 152 Å². The maximum Gasteiger partial charge on any atom is 0.281 e. The molecule has 3 rings (SSSR count). The Morgan fingerprint density at radius 2 is 1.92 bits per heavy atom. The first-order chi connectivity index (χ1) is 11.4. The van der Waals surface area contributed by atoms with Crippen molar-refractivity contribution in [3.05, 3.63) is 53.1 Å². The molecule has 0 radical (unpaired) electrons. The van der Waals surface area contributed by atoms with E-state index >= 15 is 0 Å². The molecule has 0 amide bonds. The Hall–Kier alpha value is -1.80. The topological polar surface area (TPSA) is 90.1 Å². The van der Waals surface area contributed by atoms with Gasteiger partial charge in [-0.25, -0.2) is 0 Å². The molecule has 0 atom stereocenters. The number of nitrogens with zero attached hydrogens (tertiary/aromatic N) is 1. The molecule has 0 aliphatic carbocycles. The van der Waals surface area contributed by atoms with E-state index in [0.29, 0.717) is 5.69 Å². The van der Waals surface area contributed by atoms with Crippen molar-refractivity contribution < 1.29 is 18.6 Å². The fourth-order valence-corrected chi connectivity index (χ4v) is 4.42. The maximum absolute atomic E-state index is 12.9. The first kappa shape index (κ1) is 19.5. The van der Waals surface area contributed by atoms with Crippen molar-refractivity contribution in [3.63, 3.8) is 0 Å². The molecule has 3 N–H and O–H groups in total. The van der Waals surface area contributed by atoms with Crippen molar-refractivity contribution in [1.29, 1.82) is 0 Å². The number of hydrogen-bond acceptors (Lipinski definition) is 4.